The van der Waals surface area contributed by atoms with E-state index in [2.05, 4.69) is 27.3 Å². The zero-order chi connectivity index (χ0) is 24.1. The van der Waals surface area contributed by atoms with E-state index < -0.39 is 4.92 Å². The van der Waals surface area contributed by atoms with E-state index in [0.717, 1.165) is 31.2 Å². The molecule has 1 saturated heterocycles. The fraction of sp³-hybridized carbons (Fsp3) is 0.409. The van der Waals surface area contributed by atoms with Crippen LogP contribution in [-0.4, -0.2) is 51.5 Å². The summed E-state index contributed by atoms with van der Waals surface area (Å²) < 4.78 is 12.7. The molecule has 1 N–H and O–H groups in total. The number of hydrogen-bond acceptors (Lipinski definition) is 9. The van der Waals surface area contributed by atoms with Crippen LogP contribution in [0.25, 0.3) is 0 Å². The summed E-state index contributed by atoms with van der Waals surface area (Å²) >= 11 is 1.26. The molecule has 1 aliphatic rings. The van der Waals surface area contributed by atoms with E-state index in [1.807, 2.05) is 16.7 Å². The Labute approximate surface area is 200 Å². The summed E-state index contributed by atoms with van der Waals surface area (Å²) in [4.78, 5) is 25.3. The Morgan fingerprint density at radius 2 is 2.24 bits per heavy atom. The summed E-state index contributed by atoms with van der Waals surface area (Å²) in [6, 6.07) is 7.77. The Bertz CT molecular complexity index is 1150. The second-order valence-electron chi connectivity index (χ2n) is 8.12. The number of piperidine rings is 1. The number of nitrogens with zero attached hydrogens (tertiary/aromatic N) is 5. The molecule has 34 heavy (non-hydrogen) atoms. The number of amides is 1. The summed E-state index contributed by atoms with van der Waals surface area (Å²) in [5, 5.41) is 23.1. The third-order valence-electron chi connectivity index (χ3n) is 5.53. The lowest BCUT2D eigenvalue weighted by atomic mass is 10.0. The lowest BCUT2D eigenvalue weighted by Crippen LogP contribution is -2.36. The molecule has 0 unspecified atom stereocenters. The standard InChI is InChI=1S/C22H26N6O5S/c1-15-5-3-9-26(12-15)21-24-25-22(27(21)13-17-6-4-10-33-17)34-14-20(29)23-18-8-7-16(28(30)31)11-19(18)32-2/h4,6-8,10-11,15H,3,5,9,12-14H2,1-2H3,(H,23,29)/t15-/m0/s1. The number of nitro benzene ring substituents is 1. The van der Waals surface area contributed by atoms with Gasteiger partial charge in [0.2, 0.25) is 11.9 Å². The summed E-state index contributed by atoms with van der Waals surface area (Å²) in [5.41, 5.74) is 0.244. The minimum absolute atomic E-state index is 0.0762. The molecule has 2 aromatic heterocycles. The van der Waals surface area contributed by atoms with Crippen molar-refractivity contribution in [2.24, 2.45) is 5.92 Å². The number of furan rings is 1. The molecule has 0 radical (unpaired) electrons. The van der Waals surface area contributed by atoms with Gasteiger partial charge in [0.15, 0.2) is 5.16 Å². The van der Waals surface area contributed by atoms with E-state index in [9.17, 15) is 14.9 Å². The number of methoxy groups -OCH3 is 1. The van der Waals surface area contributed by atoms with Gasteiger partial charge in [-0.25, -0.2) is 0 Å². The zero-order valence-electron chi connectivity index (χ0n) is 19.0. The number of anilines is 2. The summed E-state index contributed by atoms with van der Waals surface area (Å²) in [6.07, 6.45) is 3.91. The third-order valence-corrected chi connectivity index (χ3v) is 6.50. The number of hydrogen-bond donors (Lipinski definition) is 1. The number of thioether (sulfide) groups is 1. The van der Waals surface area contributed by atoms with Crippen molar-refractivity contribution in [3.63, 3.8) is 0 Å². The molecule has 12 heteroatoms. The molecular formula is C22H26N6O5S. The van der Waals surface area contributed by atoms with Crippen molar-refractivity contribution in [1.82, 2.24) is 14.8 Å². The van der Waals surface area contributed by atoms with Gasteiger partial charge in [0.1, 0.15) is 11.5 Å². The average Bonchev–Trinajstić information content (AvgIpc) is 3.48. The number of non-ortho nitro benzene ring substituents is 1. The number of carbonyl (C=O) groups is 1. The second-order valence-corrected chi connectivity index (χ2v) is 9.06. The Morgan fingerprint density at radius 1 is 1.38 bits per heavy atom. The number of ether oxygens (including phenoxy) is 1. The molecule has 4 rings (SSSR count). The molecule has 3 heterocycles. The van der Waals surface area contributed by atoms with Crippen LogP contribution in [0.15, 0.2) is 46.2 Å². The molecule has 3 aromatic rings. The fourth-order valence-corrected chi connectivity index (χ4v) is 4.64. The Morgan fingerprint density at radius 3 is 2.94 bits per heavy atom. The van der Waals surface area contributed by atoms with Gasteiger partial charge in [0.05, 0.1) is 42.3 Å². The van der Waals surface area contributed by atoms with Crippen LogP contribution >= 0.6 is 11.8 Å². The summed E-state index contributed by atoms with van der Waals surface area (Å²) in [6.45, 7) is 4.50. The molecule has 1 aliphatic heterocycles. The minimum Gasteiger partial charge on any atom is -0.494 e. The van der Waals surface area contributed by atoms with Gasteiger partial charge in [0, 0.05) is 19.2 Å². The number of carbonyl (C=O) groups excluding carboxylic acids is 1. The largest absolute Gasteiger partial charge is 0.494 e. The van der Waals surface area contributed by atoms with Crippen LogP contribution in [0.1, 0.15) is 25.5 Å². The first kappa shape index (κ1) is 23.6. The Balaban J connectivity index is 1.48. The predicted molar refractivity (Wildman–Crippen MR) is 127 cm³/mol. The SMILES string of the molecule is COc1cc([N+](=O)[O-])ccc1NC(=O)CSc1nnc(N2CCC[C@H](C)C2)n1Cc1ccco1. The normalized spacial score (nSPS) is 15.8. The molecule has 0 saturated carbocycles. The first-order valence-electron chi connectivity index (χ1n) is 10.9. The molecule has 0 spiro atoms. The van der Waals surface area contributed by atoms with Gasteiger partial charge in [-0.1, -0.05) is 18.7 Å². The second kappa shape index (κ2) is 10.6. The van der Waals surface area contributed by atoms with Crippen LogP contribution in [-0.2, 0) is 11.3 Å². The quantitative estimate of drug-likeness (QED) is 0.273. The van der Waals surface area contributed by atoms with Crippen LogP contribution in [0, 0.1) is 16.0 Å². The van der Waals surface area contributed by atoms with Crippen molar-refractivity contribution >= 4 is 35.0 Å². The third kappa shape index (κ3) is 5.50. The van der Waals surface area contributed by atoms with Crippen LogP contribution in [0.5, 0.6) is 5.75 Å². The van der Waals surface area contributed by atoms with E-state index in [1.165, 1.54) is 43.5 Å². The molecule has 180 valence electrons. The van der Waals surface area contributed by atoms with Gasteiger partial charge in [0.25, 0.3) is 5.69 Å². The lowest BCUT2D eigenvalue weighted by Gasteiger charge is -2.31. The number of nitrogens with one attached hydrogen (secondary N) is 1. The molecule has 11 nitrogen and oxygen atoms in total. The van der Waals surface area contributed by atoms with Gasteiger partial charge >= 0.3 is 0 Å². The van der Waals surface area contributed by atoms with E-state index >= 15 is 0 Å². The van der Waals surface area contributed by atoms with Crippen LogP contribution in [0.2, 0.25) is 0 Å². The van der Waals surface area contributed by atoms with Crippen molar-refractivity contribution in [3.8, 4) is 5.75 Å². The molecule has 0 bridgehead atoms. The highest BCUT2D eigenvalue weighted by molar-refractivity contribution is 7.99. The van der Waals surface area contributed by atoms with Gasteiger partial charge in [-0.2, -0.15) is 0 Å². The van der Waals surface area contributed by atoms with Gasteiger partial charge in [-0.3, -0.25) is 19.5 Å². The van der Waals surface area contributed by atoms with Gasteiger partial charge < -0.3 is 19.4 Å². The van der Waals surface area contributed by atoms with Crippen LogP contribution in [0.3, 0.4) is 0 Å². The predicted octanol–water partition coefficient (Wildman–Crippen LogP) is 3.80. The number of rotatable bonds is 9. The molecule has 1 fully saturated rings. The molecular weight excluding hydrogens is 460 g/mol. The summed E-state index contributed by atoms with van der Waals surface area (Å²) in [5.74, 6) is 2.11. The first-order valence-corrected chi connectivity index (χ1v) is 11.9. The maximum Gasteiger partial charge on any atom is 0.273 e. The van der Waals surface area contributed by atoms with Gasteiger partial charge in [-0.05, 0) is 37.0 Å². The first-order chi connectivity index (χ1) is 16.4. The van der Waals surface area contributed by atoms with Crippen molar-refractivity contribution in [2.45, 2.75) is 31.5 Å². The Kier molecular flexibility index (Phi) is 7.36. The fourth-order valence-electron chi connectivity index (χ4n) is 3.90. The number of nitro groups is 1. The maximum absolute atomic E-state index is 12.6. The Hall–Kier alpha value is -3.54. The van der Waals surface area contributed by atoms with E-state index in [1.54, 1.807) is 6.26 Å². The monoisotopic (exact) mass is 486 g/mol. The van der Waals surface area contributed by atoms with E-state index in [0.29, 0.717) is 23.3 Å². The molecule has 1 aromatic carbocycles. The topological polar surface area (TPSA) is 129 Å². The number of aromatic nitrogens is 3. The van der Waals surface area contributed by atoms with Crippen LogP contribution in [0.4, 0.5) is 17.3 Å². The molecule has 0 aliphatic carbocycles. The van der Waals surface area contributed by atoms with Crippen molar-refractivity contribution < 1.29 is 18.9 Å². The highest BCUT2D eigenvalue weighted by Gasteiger charge is 2.24. The lowest BCUT2D eigenvalue weighted by molar-refractivity contribution is -0.384. The van der Waals surface area contributed by atoms with Crippen molar-refractivity contribution in [1.29, 1.82) is 0 Å². The smallest absolute Gasteiger partial charge is 0.273 e. The van der Waals surface area contributed by atoms with Crippen molar-refractivity contribution in [2.75, 3.05) is 36.2 Å². The van der Waals surface area contributed by atoms with E-state index in [-0.39, 0.29) is 23.1 Å². The maximum atomic E-state index is 12.6. The molecule has 1 atom stereocenters. The summed E-state index contributed by atoms with van der Waals surface area (Å²) in [7, 11) is 1.39. The highest BCUT2D eigenvalue weighted by Crippen LogP contribution is 2.30. The van der Waals surface area contributed by atoms with E-state index in [4.69, 9.17) is 9.15 Å². The average molecular weight is 487 g/mol. The minimum atomic E-state index is -0.517. The van der Waals surface area contributed by atoms with Crippen molar-refractivity contribution in [3.05, 3.63) is 52.5 Å². The molecule has 1 amide bonds. The zero-order valence-corrected chi connectivity index (χ0v) is 19.8. The highest BCUT2D eigenvalue weighted by atomic mass is 32.2. The number of benzene rings is 1. The van der Waals surface area contributed by atoms with Crippen LogP contribution < -0.4 is 15.0 Å². The van der Waals surface area contributed by atoms with Gasteiger partial charge in [-0.15, -0.1) is 10.2 Å².